The van der Waals surface area contributed by atoms with Gasteiger partial charge in [-0.2, -0.15) is 4.98 Å². The second kappa shape index (κ2) is 6.57. The molecule has 6 heteroatoms. The number of rotatable bonds is 3. The molecule has 2 heterocycles. The first kappa shape index (κ1) is 16.8. The molecule has 0 bridgehead atoms. The van der Waals surface area contributed by atoms with E-state index < -0.39 is 0 Å². The van der Waals surface area contributed by atoms with Crippen molar-refractivity contribution in [3.05, 3.63) is 64.5 Å². The molecule has 1 saturated heterocycles. The fourth-order valence-electron chi connectivity index (χ4n) is 3.44. The number of halogens is 1. The van der Waals surface area contributed by atoms with Crippen LogP contribution in [0.3, 0.4) is 0 Å². The molecule has 1 fully saturated rings. The first-order valence-corrected chi connectivity index (χ1v) is 8.87. The van der Waals surface area contributed by atoms with E-state index >= 15 is 0 Å². The molecule has 2 aromatic carbocycles. The Kier molecular flexibility index (Phi) is 4.24. The van der Waals surface area contributed by atoms with Gasteiger partial charge in [-0.05, 0) is 49.2 Å². The van der Waals surface area contributed by atoms with Crippen LogP contribution in [-0.4, -0.2) is 22.6 Å². The minimum Gasteiger partial charge on any atom is -0.339 e. The third-order valence-corrected chi connectivity index (χ3v) is 4.98. The van der Waals surface area contributed by atoms with E-state index in [0.717, 1.165) is 22.4 Å². The minimum absolute atomic E-state index is 0.0821. The van der Waals surface area contributed by atoms with Crippen LogP contribution in [0.25, 0.3) is 11.4 Å². The smallest absolute Gasteiger partial charge is 0.232 e. The highest BCUT2D eigenvalue weighted by Crippen LogP contribution is 2.35. The van der Waals surface area contributed by atoms with Crippen molar-refractivity contribution in [2.45, 2.75) is 26.2 Å². The van der Waals surface area contributed by atoms with Crippen molar-refractivity contribution in [1.82, 2.24) is 10.1 Å². The summed E-state index contributed by atoms with van der Waals surface area (Å²) in [5, 5.41) is 4.72. The molecule has 0 spiro atoms. The van der Waals surface area contributed by atoms with Crippen molar-refractivity contribution in [3.63, 3.8) is 0 Å². The van der Waals surface area contributed by atoms with Crippen molar-refractivity contribution >= 4 is 23.2 Å². The number of aromatic nitrogens is 2. The topological polar surface area (TPSA) is 59.2 Å². The van der Waals surface area contributed by atoms with Crippen LogP contribution in [0.5, 0.6) is 0 Å². The van der Waals surface area contributed by atoms with Gasteiger partial charge in [-0.3, -0.25) is 4.79 Å². The first-order valence-electron chi connectivity index (χ1n) is 8.49. The summed E-state index contributed by atoms with van der Waals surface area (Å²) in [6.45, 7) is 4.59. The SMILES string of the molecule is Cc1cccc(C)c1N1CC(c2nc(-c3ccc(Cl)cc3)no2)CC1=O. The monoisotopic (exact) mass is 367 g/mol. The maximum absolute atomic E-state index is 12.6. The van der Waals surface area contributed by atoms with Gasteiger partial charge in [0.1, 0.15) is 0 Å². The molecule has 1 atom stereocenters. The highest BCUT2D eigenvalue weighted by Gasteiger charge is 2.36. The number of anilines is 1. The second-order valence-corrected chi connectivity index (χ2v) is 7.05. The molecule has 1 aliphatic heterocycles. The van der Waals surface area contributed by atoms with E-state index in [2.05, 4.69) is 10.1 Å². The van der Waals surface area contributed by atoms with Crippen molar-refractivity contribution in [2.24, 2.45) is 0 Å². The zero-order valence-corrected chi connectivity index (χ0v) is 15.3. The molecule has 0 N–H and O–H groups in total. The van der Waals surface area contributed by atoms with E-state index in [9.17, 15) is 4.79 Å². The van der Waals surface area contributed by atoms with Crippen LogP contribution in [0.2, 0.25) is 5.02 Å². The molecular formula is C20H18ClN3O2. The Labute approximate surface area is 156 Å². The summed E-state index contributed by atoms with van der Waals surface area (Å²) in [5.41, 5.74) is 4.00. The summed E-state index contributed by atoms with van der Waals surface area (Å²) in [6.07, 6.45) is 0.371. The van der Waals surface area contributed by atoms with Gasteiger partial charge in [0.05, 0.1) is 5.92 Å². The van der Waals surface area contributed by atoms with E-state index in [-0.39, 0.29) is 11.8 Å². The van der Waals surface area contributed by atoms with E-state index in [1.165, 1.54) is 0 Å². The van der Waals surface area contributed by atoms with Crippen molar-refractivity contribution in [3.8, 4) is 11.4 Å². The Morgan fingerprint density at radius 2 is 1.81 bits per heavy atom. The van der Waals surface area contributed by atoms with Crippen LogP contribution in [0.1, 0.15) is 29.4 Å². The van der Waals surface area contributed by atoms with Crippen LogP contribution in [0.4, 0.5) is 5.69 Å². The fraction of sp³-hybridized carbons (Fsp3) is 0.250. The van der Waals surface area contributed by atoms with Crippen molar-refractivity contribution < 1.29 is 9.32 Å². The molecular weight excluding hydrogens is 350 g/mol. The molecule has 26 heavy (non-hydrogen) atoms. The highest BCUT2D eigenvalue weighted by molar-refractivity contribution is 6.30. The molecule has 0 saturated carbocycles. The zero-order chi connectivity index (χ0) is 18.3. The van der Waals surface area contributed by atoms with Gasteiger partial charge in [0.15, 0.2) is 0 Å². The third-order valence-electron chi connectivity index (χ3n) is 4.73. The number of hydrogen-bond donors (Lipinski definition) is 0. The lowest BCUT2D eigenvalue weighted by Gasteiger charge is -2.21. The predicted octanol–water partition coefficient (Wildman–Crippen LogP) is 4.53. The quantitative estimate of drug-likeness (QED) is 0.682. The van der Waals surface area contributed by atoms with Crippen LogP contribution < -0.4 is 4.90 Å². The molecule has 0 radical (unpaired) electrons. The van der Waals surface area contributed by atoms with E-state index in [1.54, 1.807) is 12.1 Å². The second-order valence-electron chi connectivity index (χ2n) is 6.61. The van der Waals surface area contributed by atoms with Gasteiger partial charge >= 0.3 is 0 Å². The first-order chi connectivity index (χ1) is 12.5. The van der Waals surface area contributed by atoms with Gasteiger partial charge in [-0.25, -0.2) is 0 Å². The van der Waals surface area contributed by atoms with Gasteiger partial charge in [-0.1, -0.05) is 35.0 Å². The molecule has 1 unspecified atom stereocenters. The van der Waals surface area contributed by atoms with E-state index in [4.69, 9.17) is 16.1 Å². The van der Waals surface area contributed by atoms with Crippen molar-refractivity contribution in [2.75, 3.05) is 11.4 Å². The van der Waals surface area contributed by atoms with Gasteiger partial charge in [0.2, 0.25) is 17.6 Å². The van der Waals surface area contributed by atoms with Crippen molar-refractivity contribution in [1.29, 1.82) is 0 Å². The summed E-state index contributed by atoms with van der Waals surface area (Å²) < 4.78 is 5.45. The number of benzene rings is 2. The van der Waals surface area contributed by atoms with Gasteiger partial charge in [0.25, 0.3) is 0 Å². The Balaban J connectivity index is 1.59. The van der Waals surface area contributed by atoms with E-state index in [0.29, 0.717) is 29.7 Å². The number of carbonyl (C=O) groups is 1. The van der Waals surface area contributed by atoms with Crippen LogP contribution in [-0.2, 0) is 4.79 Å². The third kappa shape index (κ3) is 2.99. The molecule has 5 nitrogen and oxygen atoms in total. The number of amides is 1. The molecule has 1 aliphatic rings. The summed E-state index contributed by atoms with van der Waals surface area (Å²) >= 11 is 5.92. The molecule has 1 amide bonds. The van der Waals surface area contributed by atoms with Gasteiger partial charge < -0.3 is 9.42 Å². The number of para-hydroxylation sites is 1. The lowest BCUT2D eigenvalue weighted by atomic mass is 10.1. The summed E-state index contributed by atoms with van der Waals surface area (Å²) in [7, 11) is 0. The Morgan fingerprint density at radius 1 is 1.12 bits per heavy atom. The average molecular weight is 368 g/mol. The number of aryl methyl sites for hydroxylation is 2. The lowest BCUT2D eigenvalue weighted by molar-refractivity contribution is -0.117. The van der Waals surface area contributed by atoms with Crippen LogP contribution in [0.15, 0.2) is 47.0 Å². The maximum atomic E-state index is 12.6. The Hall–Kier alpha value is -2.66. The normalized spacial score (nSPS) is 17.1. The molecule has 0 aliphatic carbocycles. The Bertz CT molecular complexity index is 945. The number of carbonyl (C=O) groups excluding carboxylic acids is 1. The number of nitrogens with zero attached hydrogens (tertiary/aromatic N) is 3. The van der Waals surface area contributed by atoms with Crippen LogP contribution >= 0.6 is 11.6 Å². The summed E-state index contributed by atoms with van der Waals surface area (Å²) in [4.78, 5) is 18.9. The average Bonchev–Trinajstić information content (AvgIpc) is 3.23. The molecule has 3 aromatic rings. The Morgan fingerprint density at radius 3 is 2.50 bits per heavy atom. The molecule has 132 valence electrons. The summed E-state index contributed by atoms with van der Waals surface area (Å²) in [6, 6.07) is 13.3. The highest BCUT2D eigenvalue weighted by atomic mass is 35.5. The molecule has 1 aromatic heterocycles. The summed E-state index contributed by atoms with van der Waals surface area (Å²) in [5.74, 6) is 0.986. The number of hydrogen-bond acceptors (Lipinski definition) is 4. The lowest BCUT2D eigenvalue weighted by Crippen LogP contribution is -2.26. The standard InChI is InChI=1S/C20H18ClN3O2/c1-12-4-3-5-13(2)18(12)24-11-15(10-17(24)25)20-22-19(23-26-20)14-6-8-16(21)9-7-14/h3-9,15H,10-11H2,1-2H3. The van der Waals surface area contributed by atoms with Gasteiger partial charge in [0, 0.05) is 29.2 Å². The predicted molar refractivity (Wildman–Crippen MR) is 100 cm³/mol. The zero-order valence-electron chi connectivity index (χ0n) is 14.6. The largest absolute Gasteiger partial charge is 0.339 e. The van der Waals surface area contributed by atoms with Gasteiger partial charge in [-0.15, -0.1) is 0 Å². The van der Waals surface area contributed by atoms with Crippen LogP contribution in [0, 0.1) is 13.8 Å². The van der Waals surface area contributed by atoms with E-state index in [1.807, 2.05) is 49.1 Å². The maximum Gasteiger partial charge on any atom is 0.232 e. The fourth-order valence-corrected chi connectivity index (χ4v) is 3.56. The minimum atomic E-state index is -0.102. The molecule has 4 rings (SSSR count).